The number of pyridine rings is 3. The summed E-state index contributed by atoms with van der Waals surface area (Å²) in [5, 5.41) is 8.83. The third-order valence-electron chi connectivity index (χ3n) is 4.05. The Labute approximate surface area is 165 Å². The monoisotopic (exact) mass is 375 g/mol. The van der Waals surface area contributed by atoms with Crippen LogP contribution in [0.2, 0.25) is 0 Å². The fourth-order valence-electron chi connectivity index (χ4n) is 2.50. The molecule has 0 bridgehead atoms. The van der Waals surface area contributed by atoms with Gasteiger partial charge in [0.1, 0.15) is 0 Å². The van der Waals surface area contributed by atoms with Gasteiger partial charge in [-0.15, -0.1) is 0 Å². The van der Waals surface area contributed by atoms with E-state index in [1.165, 1.54) is 0 Å². The molecule has 0 amide bonds. The molecule has 0 saturated heterocycles. The molecule has 0 aliphatic heterocycles. The molecule has 0 atom stereocenters. The van der Waals surface area contributed by atoms with E-state index in [1.807, 2.05) is 102 Å². The third-order valence-corrected chi connectivity index (χ3v) is 4.05. The summed E-state index contributed by atoms with van der Waals surface area (Å²) in [6, 6.07) is 17.8. The van der Waals surface area contributed by atoms with Crippen LogP contribution in [-0.4, -0.2) is 16.4 Å². The quantitative estimate of drug-likeness (QED) is 0.357. The van der Waals surface area contributed by atoms with Gasteiger partial charge < -0.3 is 0 Å². The molecule has 0 aliphatic rings. The fraction of sp³-hybridized carbons (Fsp3) is 0.190. The highest BCUT2D eigenvalue weighted by Gasteiger charge is 2.05. The Morgan fingerprint density at radius 1 is 0.714 bits per heavy atom. The lowest BCUT2D eigenvalue weighted by atomic mass is 10.2. The summed E-state index contributed by atoms with van der Waals surface area (Å²) in [7, 11) is 0. The second kappa shape index (κ2) is 9.91. The molecule has 28 heavy (non-hydrogen) atoms. The number of hydrazone groups is 2. The Balaban J connectivity index is 1.60. The first-order valence-corrected chi connectivity index (χ1v) is 9.12. The molecule has 0 saturated carbocycles. The normalized spacial score (nSPS) is 11.9. The predicted molar refractivity (Wildman–Crippen MR) is 108 cm³/mol. The van der Waals surface area contributed by atoms with E-state index in [4.69, 9.17) is 0 Å². The summed E-state index contributed by atoms with van der Waals surface area (Å²) >= 11 is 0. The standard InChI is InChI=1S/C21H25N7/c1-18(25-22-16-27-12-5-3-6-13-27)20-10-9-11-21(24-20)19(2)26-23-17-28-14-7-4-8-15-28/h3-15,22-23H,16-17H2,1-2H3/q+2/b25-18+,26-19+. The van der Waals surface area contributed by atoms with Crippen LogP contribution in [0.25, 0.3) is 0 Å². The average Bonchev–Trinajstić information content (AvgIpc) is 2.75. The maximum Gasteiger partial charge on any atom is 0.235 e. The van der Waals surface area contributed by atoms with Gasteiger partial charge in [0, 0.05) is 24.3 Å². The molecule has 3 aromatic heterocycles. The van der Waals surface area contributed by atoms with Gasteiger partial charge in [-0.3, -0.25) is 10.9 Å². The average molecular weight is 375 g/mol. The van der Waals surface area contributed by atoms with Crippen LogP contribution in [0.1, 0.15) is 25.2 Å². The fourth-order valence-corrected chi connectivity index (χ4v) is 2.50. The zero-order valence-electron chi connectivity index (χ0n) is 16.2. The second-order valence-electron chi connectivity index (χ2n) is 6.21. The maximum absolute atomic E-state index is 4.67. The van der Waals surface area contributed by atoms with Crippen LogP contribution in [0, 0.1) is 0 Å². The van der Waals surface area contributed by atoms with Gasteiger partial charge >= 0.3 is 0 Å². The van der Waals surface area contributed by atoms with Crippen molar-refractivity contribution in [3.63, 3.8) is 0 Å². The SMILES string of the molecule is C/C(=N\NC[n+]1ccccc1)c1cccc(/C(C)=N/NC[n+]2ccccc2)n1. The molecule has 7 heteroatoms. The van der Waals surface area contributed by atoms with Crippen molar-refractivity contribution in [2.75, 3.05) is 0 Å². The molecule has 2 N–H and O–H groups in total. The number of nitrogens with one attached hydrogen (secondary N) is 2. The van der Waals surface area contributed by atoms with Crippen molar-refractivity contribution in [3.05, 3.63) is 90.8 Å². The van der Waals surface area contributed by atoms with Crippen molar-refractivity contribution >= 4 is 11.4 Å². The summed E-state index contributed by atoms with van der Waals surface area (Å²) < 4.78 is 4.02. The number of nitrogens with zero attached hydrogens (tertiary/aromatic N) is 5. The molecule has 3 heterocycles. The molecule has 0 aliphatic carbocycles. The predicted octanol–water partition coefficient (Wildman–Crippen LogP) is 1.60. The first-order chi connectivity index (χ1) is 13.7. The van der Waals surface area contributed by atoms with Crippen LogP contribution in [0.5, 0.6) is 0 Å². The van der Waals surface area contributed by atoms with Crippen molar-refractivity contribution in [2.24, 2.45) is 10.2 Å². The largest absolute Gasteiger partial charge is 0.251 e. The van der Waals surface area contributed by atoms with Crippen LogP contribution >= 0.6 is 0 Å². The van der Waals surface area contributed by atoms with E-state index < -0.39 is 0 Å². The number of aromatic nitrogens is 3. The van der Waals surface area contributed by atoms with Crippen molar-refractivity contribution in [1.29, 1.82) is 0 Å². The van der Waals surface area contributed by atoms with E-state index in [2.05, 4.69) is 26.0 Å². The minimum absolute atomic E-state index is 0.597. The van der Waals surface area contributed by atoms with Gasteiger partial charge in [0.25, 0.3) is 0 Å². The van der Waals surface area contributed by atoms with Gasteiger partial charge in [-0.1, -0.05) is 18.2 Å². The molecule has 142 valence electrons. The molecule has 0 fully saturated rings. The smallest absolute Gasteiger partial charge is 0.235 e. The van der Waals surface area contributed by atoms with E-state index in [-0.39, 0.29) is 0 Å². The maximum atomic E-state index is 4.67. The zero-order valence-corrected chi connectivity index (χ0v) is 16.2. The third kappa shape index (κ3) is 5.70. The van der Waals surface area contributed by atoms with E-state index in [0.717, 1.165) is 22.8 Å². The lowest BCUT2D eigenvalue weighted by Crippen LogP contribution is -2.39. The summed E-state index contributed by atoms with van der Waals surface area (Å²) in [6.45, 7) is 5.07. The molecule has 0 radical (unpaired) electrons. The molecule has 0 unspecified atom stereocenters. The van der Waals surface area contributed by atoms with E-state index in [1.54, 1.807) is 0 Å². The van der Waals surface area contributed by atoms with Crippen molar-refractivity contribution < 1.29 is 9.13 Å². The highest BCUT2D eigenvalue weighted by atomic mass is 15.3. The second-order valence-corrected chi connectivity index (χ2v) is 6.21. The Bertz CT molecular complexity index is 862. The van der Waals surface area contributed by atoms with Crippen LogP contribution in [-0.2, 0) is 13.3 Å². The van der Waals surface area contributed by atoms with Gasteiger partial charge in [-0.2, -0.15) is 19.3 Å². The topological polar surface area (TPSA) is 69.4 Å². The lowest BCUT2D eigenvalue weighted by molar-refractivity contribution is -0.701. The van der Waals surface area contributed by atoms with Gasteiger partial charge in [0.05, 0.1) is 22.8 Å². The first kappa shape index (κ1) is 19.2. The molecule has 3 aromatic rings. The summed E-state index contributed by atoms with van der Waals surface area (Å²) in [4.78, 5) is 4.67. The van der Waals surface area contributed by atoms with Crippen LogP contribution in [0.15, 0.2) is 89.6 Å². The molecule has 0 aromatic carbocycles. The highest BCUT2D eigenvalue weighted by Crippen LogP contribution is 2.02. The zero-order chi connectivity index (χ0) is 19.6. The van der Waals surface area contributed by atoms with Crippen LogP contribution < -0.4 is 20.0 Å². The molecule has 0 spiro atoms. The summed E-state index contributed by atoms with van der Waals surface area (Å²) in [5.41, 5.74) is 9.40. The minimum atomic E-state index is 0.597. The molecule has 7 nitrogen and oxygen atoms in total. The number of hydrogen-bond donors (Lipinski definition) is 2. The number of hydrogen-bond acceptors (Lipinski definition) is 5. The van der Waals surface area contributed by atoms with Gasteiger partial charge in [0.15, 0.2) is 24.8 Å². The minimum Gasteiger partial charge on any atom is -0.251 e. The van der Waals surface area contributed by atoms with Gasteiger partial charge in [-0.05, 0) is 26.0 Å². The van der Waals surface area contributed by atoms with Crippen LogP contribution in [0.3, 0.4) is 0 Å². The summed E-state index contributed by atoms with van der Waals surface area (Å²) in [6.07, 6.45) is 7.93. The molecular formula is C21H25N7+2. The first-order valence-electron chi connectivity index (χ1n) is 9.12. The molecular weight excluding hydrogens is 350 g/mol. The van der Waals surface area contributed by atoms with E-state index >= 15 is 0 Å². The highest BCUT2D eigenvalue weighted by molar-refractivity contribution is 6.00. The van der Waals surface area contributed by atoms with Crippen molar-refractivity contribution in [2.45, 2.75) is 27.2 Å². The van der Waals surface area contributed by atoms with E-state index in [0.29, 0.717) is 13.3 Å². The Hall–Kier alpha value is -3.61. The lowest BCUT2D eigenvalue weighted by Gasteiger charge is -2.05. The Morgan fingerprint density at radius 2 is 1.14 bits per heavy atom. The number of rotatable bonds is 8. The summed E-state index contributed by atoms with van der Waals surface area (Å²) in [5.74, 6) is 0. The van der Waals surface area contributed by atoms with Gasteiger partial charge in [0.2, 0.25) is 13.3 Å². The Kier molecular flexibility index (Phi) is 6.78. The van der Waals surface area contributed by atoms with Crippen LogP contribution in [0.4, 0.5) is 0 Å². The van der Waals surface area contributed by atoms with E-state index in [9.17, 15) is 0 Å². The van der Waals surface area contributed by atoms with Crippen molar-refractivity contribution in [3.8, 4) is 0 Å². The van der Waals surface area contributed by atoms with Crippen molar-refractivity contribution in [1.82, 2.24) is 15.8 Å². The molecule has 3 rings (SSSR count). The Morgan fingerprint density at radius 3 is 1.57 bits per heavy atom. The van der Waals surface area contributed by atoms with Gasteiger partial charge in [-0.25, -0.2) is 4.98 Å².